The molecule has 3 heterocycles. The van der Waals surface area contributed by atoms with Crippen molar-refractivity contribution in [1.29, 1.82) is 0 Å². The summed E-state index contributed by atoms with van der Waals surface area (Å²) in [4.78, 5) is 11.9. The quantitative estimate of drug-likeness (QED) is 0.668. The zero-order valence-electron chi connectivity index (χ0n) is 9.72. The maximum Gasteiger partial charge on any atom is 0.169 e. The summed E-state index contributed by atoms with van der Waals surface area (Å²) in [6, 6.07) is 0. The van der Waals surface area contributed by atoms with E-state index in [-0.39, 0.29) is 12.4 Å². The van der Waals surface area contributed by atoms with Crippen molar-refractivity contribution >= 4 is 29.6 Å². The summed E-state index contributed by atoms with van der Waals surface area (Å²) in [6.45, 7) is -0.297. The number of halogens is 1. The van der Waals surface area contributed by atoms with E-state index >= 15 is 0 Å². The van der Waals surface area contributed by atoms with E-state index in [1.165, 1.54) is 17.2 Å². The molecule has 0 aliphatic carbocycles. The summed E-state index contributed by atoms with van der Waals surface area (Å²) in [6.07, 6.45) is -0.305. The molecule has 2 aromatic rings. The molecule has 19 heavy (non-hydrogen) atoms. The van der Waals surface area contributed by atoms with Crippen LogP contribution in [-0.4, -0.2) is 48.8 Å². The molecule has 0 spiro atoms. The second kappa shape index (κ2) is 4.58. The smallest absolute Gasteiger partial charge is 0.169 e. The molecule has 102 valence electrons. The lowest BCUT2D eigenvalue weighted by atomic mass is 10.2. The summed E-state index contributed by atoms with van der Waals surface area (Å²) in [7, 11) is 0. The number of ether oxygens (including phenoxy) is 1. The molecule has 0 radical (unpaired) electrons. The van der Waals surface area contributed by atoms with E-state index in [4.69, 9.17) is 15.6 Å². The van der Waals surface area contributed by atoms with E-state index in [1.54, 1.807) is 0 Å². The van der Waals surface area contributed by atoms with Gasteiger partial charge in [-0.15, -0.1) is 0 Å². The number of hydrogen-bond donors (Lipinski definition) is 3. The zero-order valence-corrected chi connectivity index (χ0v) is 10.6. The van der Waals surface area contributed by atoms with Crippen LogP contribution in [0.25, 0.3) is 11.2 Å². The van der Waals surface area contributed by atoms with Crippen molar-refractivity contribution < 1.29 is 14.2 Å². The number of alkyl halides is 1. The van der Waals surface area contributed by atoms with Crippen molar-refractivity contribution in [2.75, 3.05) is 12.3 Å². The number of nitrogens with zero attached hydrogens (tertiary/aromatic N) is 4. The number of rotatable bonds is 2. The van der Waals surface area contributed by atoms with E-state index in [0.29, 0.717) is 11.2 Å². The fourth-order valence-corrected chi connectivity index (χ4v) is 2.45. The van der Waals surface area contributed by atoms with Crippen molar-refractivity contribution in [3.05, 3.63) is 12.7 Å². The van der Waals surface area contributed by atoms with Gasteiger partial charge in [0.05, 0.1) is 24.3 Å². The van der Waals surface area contributed by atoms with Gasteiger partial charge >= 0.3 is 0 Å². The Balaban J connectivity index is 2.04. The van der Waals surface area contributed by atoms with Gasteiger partial charge in [-0.2, -0.15) is 12.6 Å². The lowest BCUT2D eigenvalue weighted by Gasteiger charge is -2.15. The van der Waals surface area contributed by atoms with E-state index in [2.05, 4.69) is 27.6 Å². The Bertz CT molecular complexity index is 609. The van der Waals surface area contributed by atoms with Crippen LogP contribution in [0.2, 0.25) is 0 Å². The van der Waals surface area contributed by atoms with Gasteiger partial charge in [0.15, 0.2) is 23.9 Å². The zero-order chi connectivity index (χ0) is 13.6. The predicted octanol–water partition coefficient (Wildman–Crippen LogP) is -0.0653. The molecular weight excluding hydrogens is 273 g/mol. The average Bonchev–Trinajstić information content (AvgIpc) is 2.94. The van der Waals surface area contributed by atoms with Gasteiger partial charge in [-0.25, -0.2) is 19.3 Å². The number of thiol groups is 1. The van der Waals surface area contributed by atoms with Crippen molar-refractivity contribution in [2.24, 2.45) is 0 Å². The van der Waals surface area contributed by atoms with Crippen LogP contribution in [0.1, 0.15) is 6.23 Å². The van der Waals surface area contributed by atoms with Gasteiger partial charge in [-0.3, -0.25) is 4.57 Å². The molecule has 1 fully saturated rings. The molecule has 3 rings (SSSR count). The molecular formula is C10H12FN5O2S. The summed E-state index contributed by atoms with van der Waals surface area (Å²) >= 11 is 4.12. The molecule has 7 nitrogen and oxygen atoms in total. The Morgan fingerprint density at radius 3 is 2.95 bits per heavy atom. The first-order valence-electron chi connectivity index (χ1n) is 5.65. The molecule has 4 atom stereocenters. The lowest BCUT2D eigenvalue weighted by molar-refractivity contribution is -0.0347. The highest BCUT2D eigenvalue weighted by atomic mass is 32.1. The maximum absolute atomic E-state index is 14.2. The third kappa shape index (κ3) is 1.85. The van der Waals surface area contributed by atoms with Crippen LogP contribution >= 0.6 is 12.6 Å². The van der Waals surface area contributed by atoms with Crippen LogP contribution in [0.3, 0.4) is 0 Å². The van der Waals surface area contributed by atoms with Crippen LogP contribution in [-0.2, 0) is 4.74 Å². The second-order valence-corrected chi connectivity index (χ2v) is 4.86. The number of aliphatic hydroxyl groups excluding tert-OH is 1. The van der Waals surface area contributed by atoms with Gasteiger partial charge in [0.2, 0.25) is 0 Å². The molecule has 3 N–H and O–H groups in total. The van der Waals surface area contributed by atoms with Crippen molar-refractivity contribution in [3.63, 3.8) is 0 Å². The highest BCUT2D eigenvalue weighted by molar-refractivity contribution is 7.81. The molecule has 0 bridgehead atoms. The monoisotopic (exact) mass is 285 g/mol. The van der Waals surface area contributed by atoms with Crippen molar-refractivity contribution in [2.45, 2.75) is 23.8 Å². The molecule has 1 aliphatic rings. The van der Waals surface area contributed by atoms with Crippen LogP contribution in [0.4, 0.5) is 10.2 Å². The first-order valence-corrected chi connectivity index (χ1v) is 6.16. The Labute approximate surface area is 113 Å². The number of aromatic nitrogens is 4. The fourth-order valence-electron chi connectivity index (χ4n) is 2.13. The number of nitrogens with two attached hydrogens (primary N) is 1. The van der Waals surface area contributed by atoms with Gasteiger partial charge in [0, 0.05) is 0 Å². The highest BCUT2D eigenvalue weighted by Gasteiger charge is 2.44. The Hall–Kier alpha value is -1.45. The highest BCUT2D eigenvalue weighted by Crippen LogP contribution is 2.36. The van der Waals surface area contributed by atoms with Gasteiger partial charge in [-0.05, 0) is 0 Å². The van der Waals surface area contributed by atoms with Crippen LogP contribution in [0, 0.1) is 0 Å². The number of imidazole rings is 1. The first kappa shape index (κ1) is 12.6. The molecule has 0 amide bonds. The summed E-state index contributed by atoms with van der Waals surface area (Å²) in [5.41, 5.74) is 6.45. The van der Waals surface area contributed by atoms with Crippen molar-refractivity contribution in [3.8, 4) is 0 Å². The van der Waals surface area contributed by atoms with Crippen LogP contribution < -0.4 is 5.73 Å². The van der Waals surface area contributed by atoms with Gasteiger partial charge in [0.1, 0.15) is 11.8 Å². The Morgan fingerprint density at radius 1 is 1.47 bits per heavy atom. The largest absolute Gasteiger partial charge is 0.394 e. The minimum Gasteiger partial charge on any atom is -0.394 e. The molecule has 1 saturated heterocycles. The SMILES string of the molecule is Nc1ncnc2c1ncn2[C@@H]1O[C@H](CO)C(S)C1F. The third-order valence-electron chi connectivity index (χ3n) is 3.13. The van der Waals surface area contributed by atoms with E-state index in [9.17, 15) is 4.39 Å². The Morgan fingerprint density at radius 2 is 2.26 bits per heavy atom. The maximum atomic E-state index is 14.2. The van der Waals surface area contributed by atoms with Gasteiger partial charge < -0.3 is 15.6 Å². The number of fused-ring (bicyclic) bond motifs is 1. The fraction of sp³-hybridized carbons (Fsp3) is 0.500. The summed E-state index contributed by atoms with van der Waals surface area (Å²) in [5, 5.41) is 8.41. The molecule has 2 unspecified atom stereocenters. The first-order chi connectivity index (χ1) is 9.13. The topological polar surface area (TPSA) is 99.1 Å². The molecule has 9 heteroatoms. The second-order valence-electron chi connectivity index (χ2n) is 4.27. The van der Waals surface area contributed by atoms with Crippen LogP contribution in [0.15, 0.2) is 12.7 Å². The number of nitrogen functional groups attached to an aromatic ring is 1. The summed E-state index contributed by atoms with van der Waals surface area (Å²) in [5.74, 6) is 0.221. The number of anilines is 1. The van der Waals surface area contributed by atoms with Crippen LogP contribution in [0.5, 0.6) is 0 Å². The number of hydrogen-bond acceptors (Lipinski definition) is 7. The lowest BCUT2D eigenvalue weighted by Crippen LogP contribution is -2.25. The molecule has 2 aromatic heterocycles. The van der Waals surface area contributed by atoms with E-state index < -0.39 is 23.8 Å². The Kier molecular flexibility index (Phi) is 3.03. The van der Waals surface area contributed by atoms with Crippen molar-refractivity contribution in [1.82, 2.24) is 19.5 Å². The minimum absolute atomic E-state index is 0.221. The predicted molar refractivity (Wildman–Crippen MR) is 68.4 cm³/mol. The average molecular weight is 285 g/mol. The molecule has 0 saturated carbocycles. The molecule has 1 aliphatic heterocycles. The van der Waals surface area contributed by atoms with E-state index in [0.717, 1.165) is 0 Å². The minimum atomic E-state index is -1.38. The third-order valence-corrected chi connectivity index (χ3v) is 3.75. The number of aliphatic hydroxyl groups is 1. The standard InChI is InChI=1S/C10H12FN5O2S/c11-5-7(19)4(1-17)18-10(5)16-3-15-6-8(12)13-2-14-9(6)16/h2-5,7,10,17,19H,1H2,(H2,12,13,14)/t4-,5?,7?,10-/m1/s1. The molecule has 0 aromatic carbocycles. The normalized spacial score (nSPS) is 31.1. The summed E-state index contributed by atoms with van der Waals surface area (Å²) < 4.78 is 21.1. The van der Waals surface area contributed by atoms with Gasteiger partial charge in [-0.1, -0.05) is 0 Å². The van der Waals surface area contributed by atoms with Gasteiger partial charge in [0.25, 0.3) is 0 Å². The van der Waals surface area contributed by atoms with E-state index in [1.807, 2.05) is 0 Å².